The molecule has 0 aromatic carbocycles. The largest absolute Gasteiger partial charge is 0.366 e. The molecule has 0 bridgehead atoms. The van der Waals surface area contributed by atoms with E-state index in [4.69, 9.17) is 23.2 Å². The maximum absolute atomic E-state index is 11.7. The van der Waals surface area contributed by atoms with Gasteiger partial charge >= 0.3 is 0 Å². The third kappa shape index (κ3) is 2.56. The van der Waals surface area contributed by atoms with Crippen LogP contribution in [0.3, 0.4) is 0 Å². The number of alkyl halides is 2. The lowest BCUT2D eigenvalue weighted by molar-refractivity contribution is -0.195. The lowest BCUT2D eigenvalue weighted by atomic mass is 9.67. The van der Waals surface area contributed by atoms with Crippen molar-refractivity contribution in [2.45, 2.75) is 31.5 Å². The number of carbonyl (C=O) groups excluding carboxylic acids is 2. The van der Waals surface area contributed by atoms with Gasteiger partial charge < -0.3 is 10.2 Å². The van der Waals surface area contributed by atoms with Crippen molar-refractivity contribution in [2.75, 3.05) is 11.8 Å². The van der Waals surface area contributed by atoms with Crippen molar-refractivity contribution in [1.29, 1.82) is 0 Å². The van der Waals surface area contributed by atoms with E-state index in [0.29, 0.717) is 0 Å². The molecule has 1 aliphatic rings. The van der Waals surface area contributed by atoms with E-state index in [-0.39, 0.29) is 49.0 Å². The van der Waals surface area contributed by atoms with Crippen LogP contribution in [0.4, 0.5) is 0 Å². The zero-order valence-electron chi connectivity index (χ0n) is 8.71. The van der Waals surface area contributed by atoms with Crippen molar-refractivity contribution in [3.63, 3.8) is 0 Å². The number of hydrogen-bond donors (Lipinski definition) is 2. The van der Waals surface area contributed by atoms with E-state index in [2.05, 4.69) is 0 Å². The van der Waals surface area contributed by atoms with Crippen LogP contribution in [0.15, 0.2) is 0 Å². The highest BCUT2D eigenvalue weighted by molar-refractivity contribution is 6.34. The topological polar surface area (TPSA) is 74.6 Å². The van der Waals surface area contributed by atoms with Crippen LogP contribution in [-0.4, -0.2) is 39.3 Å². The maximum atomic E-state index is 11.7. The molecule has 1 aliphatic carbocycles. The maximum Gasteiger partial charge on any atom is 0.162 e. The number of rotatable bonds is 4. The monoisotopic (exact) mass is 268 g/mol. The molecule has 0 radical (unpaired) electrons. The average molecular weight is 269 g/mol. The van der Waals surface area contributed by atoms with E-state index < -0.39 is 11.2 Å². The third-order valence-corrected chi connectivity index (χ3v) is 3.70. The van der Waals surface area contributed by atoms with Crippen molar-refractivity contribution >= 4 is 34.8 Å². The Hall–Kier alpha value is -0.160. The van der Waals surface area contributed by atoms with Crippen molar-refractivity contribution in [2.24, 2.45) is 5.41 Å². The molecule has 0 aromatic rings. The van der Waals surface area contributed by atoms with Crippen molar-refractivity contribution < 1.29 is 19.8 Å². The zero-order valence-corrected chi connectivity index (χ0v) is 10.2. The minimum atomic E-state index is -1.79. The molecule has 1 saturated carbocycles. The average Bonchev–Trinajstić information content (AvgIpc) is 2.27. The van der Waals surface area contributed by atoms with E-state index >= 15 is 0 Å². The molecule has 0 unspecified atom stereocenters. The van der Waals surface area contributed by atoms with E-state index in [9.17, 15) is 19.8 Å². The Morgan fingerprint density at radius 3 is 1.62 bits per heavy atom. The molecule has 0 saturated heterocycles. The second-order valence-electron chi connectivity index (χ2n) is 4.18. The number of aliphatic hydroxyl groups is 2. The molecule has 1 rings (SSSR count). The smallest absolute Gasteiger partial charge is 0.162 e. The van der Waals surface area contributed by atoms with Crippen LogP contribution < -0.4 is 0 Å². The van der Waals surface area contributed by atoms with Crippen LogP contribution in [0.5, 0.6) is 0 Å². The van der Waals surface area contributed by atoms with Gasteiger partial charge in [0.15, 0.2) is 17.4 Å². The molecule has 0 aliphatic heterocycles. The van der Waals surface area contributed by atoms with Crippen LogP contribution in [-0.2, 0) is 9.59 Å². The molecule has 6 heteroatoms. The molecule has 0 spiro atoms. The number of halogens is 2. The summed E-state index contributed by atoms with van der Waals surface area (Å²) in [5, 5.41) is 18.8. The summed E-state index contributed by atoms with van der Waals surface area (Å²) in [5.41, 5.74) is -1.21. The lowest BCUT2D eigenvalue weighted by Gasteiger charge is -2.39. The summed E-state index contributed by atoms with van der Waals surface area (Å²) in [6.45, 7) is 0. The molecule has 0 heterocycles. The molecular weight excluding hydrogens is 255 g/mol. The summed E-state index contributed by atoms with van der Waals surface area (Å²) in [5.74, 6) is -3.06. The summed E-state index contributed by atoms with van der Waals surface area (Å²) in [6.07, 6.45) is 0.157. The second-order valence-corrected chi connectivity index (χ2v) is 4.71. The van der Waals surface area contributed by atoms with Gasteiger partial charge in [-0.05, 0) is 12.8 Å². The standard InChI is InChI=1S/C10H14Cl2O4/c11-5-7(13)9(8(14)6-12)1-3-10(15,16)4-2-9/h15-16H,1-6H2. The summed E-state index contributed by atoms with van der Waals surface area (Å²) in [7, 11) is 0. The number of Topliss-reactive ketones (excluding diaryl/α,β-unsaturated/α-hetero) is 2. The first-order valence-electron chi connectivity index (χ1n) is 5.01. The van der Waals surface area contributed by atoms with Gasteiger partial charge in [0.25, 0.3) is 0 Å². The van der Waals surface area contributed by atoms with Crippen LogP contribution in [0.2, 0.25) is 0 Å². The van der Waals surface area contributed by atoms with Crippen LogP contribution in [0.1, 0.15) is 25.7 Å². The molecular formula is C10H14Cl2O4. The number of ketones is 2. The Bertz CT molecular complexity index is 273. The quantitative estimate of drug-likeness (QED) is 0.450. The lowest BCUT2D eigenvalue weighted by Crippen LogP contribution is -2.48. The fourth-order valence-electron chi connectivity index (χ4n) is 2.05. The Morgan fingerprint density at radius 1 is 0.938 bits per heavy atom. The van der Waals surface area contributed by atoms with Gasteiger partial charge in [0, 0.05) is 12.8 Å². The Morgan fingerprint density at radius 2 is 1.31 bits per heavy atom. The first-order valence-corrected chi connectivity index (χ1v) is 6.08. The van der Waals surface area contributed by atoms with Crippen LogP contribution in [0.25, 0.3) is 0 Å². The first-order chi connectivity index (χ1) is 7.38. The Labute approximate surface area is 104 Å². The highest BCUT2D eigenvalue weighted by Gasteiger charge is 2.49. The van der Waals surface area contributed by atoms with Gasteiger partial charge in [-0.3, -0.25) is 9.59 Å². The highest BCUT2D eigenvalue weighted by Crippen LogP contribution is 2.41. The molecule has 92 valence electrons. The summed E-state index contributed by atoms with van der Waals surface area (Å²) in [6, 6.07) is 0. The van der Waals surface area contributed by atoms with Gasteiger partial charge in [-0.1, -0.05) is 0 Å². The van der Waals surface area contributed by atoms with Crippen molar-refractivity contribution in [3.05, 3.63) is 0 Å². The van der Waals surface area contributed by atoms with E-state index in [1.54, 1.807) is 0 Å². The van der Waals surface area contributed by atoms with Crippen LogP contribution >= 0.6 is 23.2 Å². The van der Waals surface area contributed by atoms with Gasteiger partial charge in [0.1, 0.15) is 0 Å². The first kappa shape index (κ1) is 13.9. The van der Waals surface area contributed by atoms with Crippen molar-refractivity contribution in [1.82, 2.24) is 0 Å². The Kier molecular flexibility index (Phi) is 4.35. The fraction of sp³-hybridized carbons (Fsp3) is 0.800. The normalized spacial score (nSPS) is 22.8. The number of carbonyl (C=O) groups is 2. The molecule has 0 aromatic heterocycles. The molecule has 1 fully saturated rings. The molecule has 16 heavy (non-hydrogen) atoms. The molecule has 2 N–H and O–H groups in total. The van der Waals surface area contributed by atoms with Gasteiger partial charge in [0.2, 0.25) is 0 Å². The summed E-state index contributed by atoms with van der Waals surface area (Å²) >= 11 is 11.0. The predicted octanol–water partition coefficient (Wildman–Crippen LogP) is 0.843. The number of hydrogen-bond acceptors (Lipinski definition) is 4. The second kappa shape index (κ2) is 5.00. The third-order valence-electron chi connectivity index (χ3n) is 3.21. The SMILES string of the molecule is O=C(CCl)C1(C(=O)CCl)CCC(O)(O)CC1. The van der Waals surface area contributed by atoms with E-state index in [0.717, 1.165) is 0 Å². The van der Waals surface area contributed by atoms with E-state index in [1.807, 2.05) is 0 Å². The Balaban J connectivity index is 2.91. The fourth-order valence-corrected chi connectivity index (χ4v) is 2.56. The highest BCUT2D eigenvalue weighted by atomic mass is 35.5. The predicted molar refractivity (Wildman–Crippen MR) is 59.5 cm³/mol. The minimum Gasteiger partial charge on any atom is -0.366 e. The van der Waals surface area contributed by atoms with Gasteiger partial charge in [-0.2, -0.15) is 0 Å². The summed E-state index contributed by atoms with van der Waals surface area (Å²) < 4.78 is 0. The van der Waals surface area contributed by atoms with Gasteiger partial charge in [-0.25, -0.2) is 0 Å². The van der Waals surface area contributed by atoms with Crippen molar-refractivity contribution in [3.8, 4) is 0 Å². The molecule has 0 amide bonds. The summed E-state index contributed by atoms with van der Waals surface area (Å²) in [4.78, 5) is 23.5. The molecule has 0 atom stereocenters. The van der Waals surface area contributed by atoms with E-state index in [1.165, 1.54) is 0 Å². The molecule has 4 nitrogen and oxygen atoms in total. The zero-order chi connectivity index (χ0) is 12.4. The minimum absolute atomic E-state index is 0.0156. The van der Waals surface area contributed by atoms with Gasteiger partial charge in [0.05, 0.1) is 17.2 Å². The van der Waals surface area contributed by atoms with Gasteiger partial charge in [-0.15, -0.1) is 23.2 Å². The van der Waals surface area contributed by atoms with Crippen LogP contribution in [0, 0.1) is 5.41 Å².